The lowest BCUT2D eigenvalue weighted by molar-refractivity contribution is -0.138. The van der Waals surface area contributed by atoms with Crippen LogP contribution in [0.2, 0.25) is 0 Å². The molecule has 4 aromatic carbocycles. The Labute approximate surface area is 267 Å². The number of para-hydroxylation sites is 1. The van der Waals surface area contributed by atoms with E-state index in [4.69, 9.17) is 14.5 Å². The fourth-order valence-electron chi connectivity index (χ4n) is 5.16. The first-order valence-corrected chi connectivity index (χ1v) is 16.4. The molecule has 0 radical (unpaired) electrons. The summed E-state index contributed by atoms with van der Waals surface area (Å²) in [5.41, 5.74) is 3.56. The molecule has 45 heavy (non-hydrogen) atoms. The Balaban J connectivity index is 1.51. The summed E-state index contributed by atoms with van der Waals surface area (Å²) >= 11 is 2.87. The highest BCUT2D eigenvalue weighted by Gasteiger charge is 2.35. The number of ether oxygens (including phenoxy) is 2. The fraction of sp³-hybridized carbons (Fsp3) is 0.139. The monoisotopic (exact) mass is 636 g/mol. The molecular weight excluding hydrogens is 608 g/mol. The maximum absolute atomic E-state index is 14.2. The minimum absolute atomic E-state index is 0.182. The van der Waals surface area contributed by atoms with Crippen LogP contribution < -0.4 is 19.6 Å². The van der Waals surface area contributed by atoms with Crippen LogP contribution in [0.5, 0.6) is 5.75 Å². The second-order valence-corrected chi connectivity index (χ2v) is 12.0. The Hall–Kier alpha value is -4.73. The van der Waals surface area contributed by atoms with Crippen molar-refractivity contribution in [2.45, 2.75) is 24.5 Å². The molecule has 0 saturated heterocycles. The van der Waals surface area contributed by atoms with Gasteiger partial charge in [-0.05, 0) is 60.7 Å². The van der Waals surface area contributed by atoms with E-state index in [-0.39, 0.29) is 24.6 Å². The summed E-state index contributed by atoms with van der Waals surface area (Å²) in [6, 6.07) is 30.1. The second-order valence-electron chi connectivity index (χ2n) is 10.2. The quantitative estimate of drug-likeness (QED) is 0.139. The van der Waals surface area contributed by atoms with Gasteiger partial charge in [0.25, 0.3) is 5.56 Å². The third kappa shape index (κ3) is 6.41. The normalized spacial score (nSPS) is 14.6. The first kappa shape index (κ1) is 30.3. The van der Waals surface area contributed by atoms with Gasteiger partial charge in [-0.3, -0.25) is 9.36 Å². The molecule has 0 amide bonds. The standard InChI is InChI=1S/C36H29FN2O4S2/c1-3-42-35(41)31-32(24-9-5-4-6-10-24)38-36-39(33(31)25-15-19-28(44-2)20-16-25)34(40)30(45-36)21-26-11-7-8-12-29(26)43-22-23-13-17-27(37)18-14-23/h4-21,33H,3,22H2,1-2H3/b30-21-/t33-/m0/s1. The molecule has 6 rings (SSSR count). The van der Waals surface area contributed by atoms with Crippen LogP contribution in [0.3, 0.4) is 0 Å². The number of fused-ring (bicyclic) bond motifs is 1. The minimum Gasteiger partial charge on any atom is -0.488 e. The van der Waals surface area contributed by atoms with Crippen LogP contribution in [0.1, 0.15) is 35.2 Å². The summed E-state index contributed by atoms with van der Waals surface area (Å²) in [6.45, 7) is 2.18. The Kier molecular flexibility index (Phi) is 9.09. The Morgan fingerprint density at radius 3 is 2.40 bits per heavy atom. The molecule has 0 bridgehead atoms. The highest BCUT2D eigenvalue weighted by Crippen LogP contribution is 2.35. The highest BCUT2D eigenvalue weighted by molar-refractivity contribution is 7.98. The molecule has 1 aliphatic heterocycles. The number of thiazole rings is 1. The lowest BCUT2D eigenvalue weighted by atomic mass is 9.93. The van der Waals surface area contributed by atoms with Crippen LogP contribution >= 0.6 is 23.1 Å². The molecule has 1 atom stereocenters. The predicted octanol–water partition coefficient (Wildman–Crippen LogP) is 6.38. The third-order valence-corrected chi connectivity index (χ3v) is 9.04. The summed E-state index contributed by atoms with van der Waals surface area (Å²) in [5, 5.41) is 0. The molecule has 5 aromatic rings. The molecule has 0 saturated carbocycles. The maximum Gasteiger partial charge on any atom is 0.338 e. The lowest BCUT2D eigenvalue weighted by Crippen LogP contribution is -2.40. The number of hydrogen-bond donors (Lipinski definition) is 0. The molecule has 1 aliphatic rings. The molecule has 0 N–H and O–H groups in total. The smallest absolute Gasteiger partial charge is 0.338 e. The van der Waals surface area contributed by atoms with Gasteiger partial charge in [-0.1, -0.05) is 84.1 Å². The van der Waals surface area contributed by atoms with Crippen molar-refractivity contribution in [1.82, 2.24) is 4.57 Å². The number of nitrogens with zero attached hydrogens (tertiary/aromatic N) is 2. The number of esters is 1. The summed E-state index contributed by atoms with van der Waals surface area (Å²) < 4.78 is 27.0. The first-order valence-electron chi connectivity index (χ1n) is 14.4. The molecular formula is C36H29FN2O4S2. The molecule has 6 nitrogen and oxygen atoms in total. The summed E-state index contributed by atoms with van der Waals surface area (Å²) in [7, 11) is 0. The number of thioether (sulfide) groups is 1. The van der Waals surface area contributed by atoms with Gasteiger partial charge in [-0.15, -0.1) is 11.8 Å². The van der Waals surface area contributed by atoms with Gasteiger partial charge in [0.1, 0.15) is 18.2 Å². The van der Waals surface area contributed by atoms with Crippen molar-refractivity contribution >= 4 is 40.8 Å². The predicted molar refractivity (Wildman–Crippen MR) is 176 cm³/mol. The Bertz CT molecular complexity index is 2050. The molecule has 0 fully saturated rings. The Morgan fingerprint density at radius 1 is 0.978 bits per heavy atom. The largest absolute Gasteiger partial charge is 0.488 e. The van der Waals surface area contributed by atoms with Crippen molar-refractivity contribution in [1.29, 1.82) is 0 Å². The minimum atomic E-state index is -0.751. The fourth-order valence-corrected chi connectivity index (χ4v) is 6.56. The summed E-state index contributed by atoms with van der Waals surface area (Å²) in [4.78, 5) is 34.4. The van der Waals surface area contributed by atoms with Gasteiger partial charge in [0.15, 0.2) is 4.80 Å². The number of rotatable bonds is 9. The van der Waals surface area contributed by atoms with Crippen molar-refractivity contribution in [3.05, 3.63) is 156 Å². The van der Waals surface area contributed by atoms with Crippen LogP contribution in [0.15, 0.2) is 123 Å². The highest BCUT2D eigenvalue weighted by atomic mass is 32.2. The molecule has 0 spiro atoms. The number of aromatic nitrogens is 1. The van der Waals surface area contributed by atoms with E-state index in [9.17, 15) is 14.0 Å². The number of halogens is 1. The zero-order valence-electron chi connectivity index (χ0n) is 24.6. The third-order valence-electron chi connectivity index (χ3n) is 7.32. The molecule has 226 valence electrons. The van der Waals surface area contributed by atoms with E-state index in [2.05, 4.69) is 0 Å². The Morgan fingerprint density at radius 2 is 1.69 bits per heavy atom. The number of carbonyl (C=O) groups excluding carboxylic acids is 1. The SMILES string of the molecule is CCOC(=O)C1=C(c2ccccc2)N=c2s/c(=C\c3ccccc3OCc3ccc(F)cc3)c(=O)n2[C@H]1c1ccc(SC)cc1. The van der Waals surface area contributed by atoms with E-state index < -0.39 is 12.0 Å². The first-order chi connectivity index (χ1) is 22.0. The zero-order chi connectivity index (χ0) is 31.3. The van der Waals surface area contributed by atoms with Crippen LogP contribution in [-0.4, -0.2) is 23.4 Å². The van der Waals surface area contributed by atoms with Crippen molar-refractivity contribution in [2.75, 3.05) is 12.9 Å². The molecule has 1 aromatic heterocycles. The number of carbonyl (C=O) groups is 1. The van der Waals surface area contributed by atoms with Crippen LogP contribution in [0.25, 0.3) is 11.8 Å². The average Bonchev–Trinajstić information content (AvgIpc) is 3.38. The molecule has 2 heterocycles. The van der Waals surface area contributed by atoms with Crippen LogP contribution in [-0.2, 0) is 16.1 Å². The average molecular weight is 637 g/mol. The van der Waals surface area contributed by atoms with Gasteiger partial charge < -0.3 is 9.47 Å². The van der Waals surface area contributed by atoms with Crippen molar-refractivity contribution in [3.8, 4) is 5.75 Å². The molecule has 0 aliphatic carbocycles. The second kappa shape index (κ2) is 13.5. The van der Waals surface area contributed by atoms with Gasteiger partial charge >= 0.3 is 5.97 Å². The van der Waals surface area contributed by atoms with Gasteiger partial charge in [-0.25, -0.2) is 14.2 Å². The van der Waals surface area contributed by atoms with E-state index in [1.54, 1.807) is 41.5 Å². The van der Waals surface area contributed by atoms with Crippen LogP contribution in [0.4, 0.5) is 4.39 Å². The number of benzene rings is 4. The van der Waals surface area contributed by atoms with E-state index in [0.29, 0.717) is 31.9 Å². The van der Waals surface area contributed by atoms with Gasteiger partial charge in [-0.2, -0.15) is 0 Å². The van der Waals surface area contributed by atoms with Gasteiger partial charge in [0.2, 0.25) is 0 Å². The lowest BCUT2D eigenvalue weighted by Gasteiger charge is -2.26. The van der Waals surface area contributed by atoms with Crippen molar-refractivity contribution in [2.24, 2.45) is 4.99 Å². The van der Waals surface area contributed by atoms with E-state index in [1.807, 2.05) is 85.1 Å². The van der Waals surface area contributed by atoms with Crippen molar-refractivity contribution < 1.29 is 18.7 Å². The van der Waals surface area contributed by atoms with Crippen molar-refractivity contribution in [3.63, 3.8) is 0 Å². The molecule has 9 heteroatoms. The van der Waals surface area contributed by atoms with Gasteiger partial charge in [0, 0.05) is 16.0 Å². The van der Waals surface area contributed by atoms with E-state index in [0.717, 1.165) is 21.6 Å². The maximum atomic E-state index is 14.2. The summed E-state index contributed by atoms with van der Waals surface area (Å²) in [5.74, 6) is -0.253. The summed E-state index contributed by atoms with van der Waals surface area (Å²) in [6.07, 6.45) is 3.78. The van der Waals surface area contributed by atoms with E-state index >= 15 is 0 Å². The number of hydrogen-bond acceptors (Lipinski definition) is 7. The van der Waals surface area contributed by atoms with E-state index in [1.165, 1.54) is 23.5 Å². The van der Waals surface area contributed by atoms with Crippen LogP contribution in [0, 0.1) is 5.82 Å². The zero-order valence-corrected chi connectivity index (χ0v) is 26.2. The molecule has 0 unspecified atom stereocenters. The van der Waals surface area contributed by atoms with Gasteiger partial charge in [0.05, 0.1) is 28.5 Å². The topological polar surface area (TPSA) is 69.9 Å².